The summed E-state index contributed by atoms with van der Waals surface area (Å²) >= 11 is 0. The highest BCUT2D eigenvalue weighted by Crippen LogP contribution is 2.13. The highest BCUT2D eigenvalue weighted by Gasteiger charge is 2.16. The number of hydrogen-bond acceptors (Lipinski definition) is 3. The fourth-order valence-electron chi connectivity index (χ4n) is 1.43. The van der Waals surface area contributed by atoms with E-state index in [0.717, 1.165) is 19.3 Å². The lowest BCUT2D eigenvalue weighted by molar-refractivity contribution is 0.0182. The Morgan fingerprint density at radius 3 is 2.50 bits per heavy atom. The monoisotopic (exact) mass is 204 g/mol. The van der Waals surface area contributed by atoms with Crippen LogP contribution in [0.5, 0.6) is 0 Å². The Kier molecular flexibility index (Phi) is 9.35. The van der Waals surface area contributed by atoms with E-state index in [1.165, 1.54) is 0 Å². The van der Waals surface area contributed by atoms with Gasteiger partial charge < -0.3 is 14.9 Å². The summed E-state index contributed by atoms with van der Waals surface area (Å²) < 4.78 is 5.37. The molecule has 0 saturated heterocycles. The lowest BCUT2D eigenvalue weighted by atomic mass is 9.97. The van der Waals surface area contributed by atoms with Crippen LogP contribution in [0, 0.1) is 5.92 Å². The zero-order chi connectivity index (χ0) is 10.8. The van der Waals surface area contributed by atoms with Crippen LogP contribution in [0.25, 0.3) is 0 Å². The van der Waals surface area contributed by atoms with Crippen LogP contribution in [-0.2, 0) is 4.74 Å². The Morgan fingerprint density at radius 2 is 2.00 bits per heavy atom. The molecule has 0 aliphatic rings. The highest BCUT2D eigenvalue weighted by molar-refractivity contribution is 4.66. The maximum absolute atomic E-state index is 9.74. The van der Waals surface area contributed by atoms with E-state index in [2.05, 4.69) is 13.8 Å². The normalized spacial score (nSPS) is 15.4. The molecule has 0 aromatic rings. The Labute approximate surface area is 87.1 Å². The van der Waals surface area contributed by atoms with Crippen molar-refractivity contribution in [2.24, 2.45) is 5.92 Å². The highest BCUT2D eigenvalue weighted by atomic mass is 16.5. The average molecular weight is 204 g/mol. The van der Waals surface area contributed by atoms with Gasteiger partial charge in [-0.25, -0.2) is 0 Å². The SMILES string of the molecule is CCCC(O)C(CC)COCCCO. The van der Waals surface area contributed by atoms with Crippen LogP contribution in [0.4, 0.5) is 0 Å². The molecule has 0 fully saturated rings. The predicted molar refractivity (Wildman–Crippen MR) is 57.2 cm³/mol. The minimum atomic E-state index is -0.237. The average Bonchev–Trinajstić information content (AvgIpc) is 2.18. The molecule has 0 aromatic carbocycles. The van der Waals surface area contributed by atoms with Crippen molar-refractivity contribution in [2.45, 2.75) is 45.6 Å². The fraction of sp³-hybridized carbons (Fsp3) is 1.00. The molecular weight excluding hydrogens is 180 g/mol. The number of aliphatic hydroxyl groups excluding tert-OH is 2. The van der Waals surface area contributed by atoms with Gasteiger partial charge in [0.15, 0.2) is 0 Å². The third kappa shape index (κ3) is 6.35. The van der Waals surface area contributed by atoms with Gasteiger partial charge in [0.2, 0.25) is 0 Å². The maximum Gasteiger partial charge on any atom is 0.0590 e. The molecule has 2 N–H and O–H groups in total. The predicted octanol–water partition coefficient (Wildman–Crippen LogP) is 1.57. The number of ether oxygens (including phenoxy) is 1. The van der Waals surface area contributed by atoms with Crippen molar-refractivity contribution >= 4 is 0 Å². The largest absolute Gasteiger partial charge is 0.396 e. The van der Waals surface area contributed by atoms with E-state index in [9.17, 15) is 5.11 Å². The lowest BCUT2D eigenvalue weighted by Crippen LogP contribution is -2.24. The van der Waals surface area contributed by atoms with Crippen LogP contribution >= 0.6 is 0 Å². The van der Waals surface area contributed by atoms with E-state index >= 15 is 0 Å². The minimum Gasteiger partial charge on any atom is -0.396 e. The molecule has 0 saturated carbocycles. The van der Waals surface area contributed by atoms with Crippen molar-refractivity contribution < 1.29 is 14.9 Å². The lowest BCUT2D eigenvalue weighted by Gasteiger charge is -2.20. The van der Waals surface area contributed by atoms with E-state index in [-0.39, 0.29) is 18.6 Å². The van der Waals surface area contributed by atoms with Crippen LogP contribution < -0.4 is 0 Å². The molecule has 2 unspecified atom stereocenters. The first-order chi connectivity index (χ1) is 6.76. The molecule has 0 spiro atoms. The van der Waals surface area contributed by atoms with Crippen molar-refractivity contribution in [3.8, 4) is 0 Å². The van der Waals surface area contributed by atoms with Gasteiger partial charge in [-0.2, -0.15) is 0 Å². The van der Waals surface area contributed by atoms with Gasteiger partial charge in [0.1, 0.15) is 0 Å². The summed E-state index contributed by atoms with van der Waals surface area (Å²) in [4.78, 5) is 0. The first-order valence-corrected chi connectivity index (χ1v) is 5.62. The van der Waals surface area contributed by atoms with Crippen LogP contribution in [0.3, 0.4) is 0 Å². The standard InChI is InChI=1S/C11H24O3/c1-3-6-11(13)10(4-2)9-14-8-5-7-12/h10-13H,3-9H2,1-2H3. The van der Waals surface area contributed by atoms with Crippen molar-refractivity contribution in [1.82, 2.24) is 0 Å². The summed E-state index contributed by atoms with van der Waals surface area (Å²) in [7, 11) is 0. The van der Waals surface area contributed by atoms with Gasteiger partial charge in [-0.05, 0) is 19.3 Å². The molecule has 86 valence electrons. The first kappa shape index (κ1) is 13.9. The Bertz CT molecular complexity index is 117. The molecule has 3 nitrogen and oxygen atoms in total. The van der Waals surface area contributed by atoms with Crippen LogP contribution in [-0.4, -0.2) is 36.1 Å². The molecule has 0 heterocycles. The third-order valence-electron chi connectivity index (χ3n) is 2.43. The smallest absolute Gasteiger partial charge is 0.0590 e. The van der Waals surface area contributed by atoms with Gasteiger partial charge in [0, 0.05) is 19.1 Å². The second-order valence-electron chi connectivity index (χ2n) is 3.68. The first-order valence-electron chi connectivity index (χ1n) is 5.62. The minimum absolute atomic E-state index is 0.175. The Hall–Kier alpha value is -0.120. The fourth-order valence-corrected chi connectivity index (χ4v) is 1.43. The van der Waals surface area contributed by atoms with Gasteiger partial charge in [-0.3, -0.25) is 0 Å². The molecule has 14 heavy (non-hydrogen) atoms. The molecule has 2 atom stereocenters. The molecule has 3 heteroatoms. The van der Waals surface area contributed by atoms with Crippen LogP contribution in [0.15, 0.2) is 0 Å². The number of aliphatic hydroxyl groups is 2. The summed E-state index contributed by atoms with van der Waals surface area (Å²) in [6.45, 7) is 5.51. The molecule has 0 aromatic heterocycles. The van der Waals surface area contributed by atoms with Crippen molar-refractivity contribution in [2.75, 3.05) is 19.8 Å². The molecule has 0 radical (unpaired) electrons. The van der Waals surface area contributed by atoms with Gasteiger partial charge in [-0.1, -0.05) is 20.3 Å². The molecule has 0 aliphatic heterocycles. The summed E-state index contributed by atoms with van der Waals surface area (Å²) in [5, 5.41) is 18.3. The Morgan fingerprint density at radius 1 is 1.29 bits per heavy atom. The van der Waals surface area contributed by atoms with Gasteiger partial charge >= 0.3 is 0 Å². The van der Waals surface area contributed by atoms with E-state index in [1.54, 1.807) is 0 Å². The summed E-state index contributed by atoms with van der Waals surface area (Å²) in [6.07, 6.45) is 3.25. The van der Waals surface area contributed by atoms with E-state index in [0.29, 0.717) is 19.6 Å². The molecule has 0 rings (SSSR count). The van der Waals surface area contributed by atoms with E-state index in [4.69, 9.17) is 9.84 Å². The van der Waals surface area contributed by atoms with Crippen molar-refractivity contribution in [3.05, 3.63) is 0 Å². The molecule has 0 bridgehead atoms. The van der Waals surface area contributed by atoms with E-state index in [1.807, 2.05) is 0 Å². The summed E-state index contributed by atoms with van der Waals surface area (Å²) in [6, 6.07) is 0. The van der Waals surface area contributed by atoms with Crippen LogP contribution in [0.2, 0.25) is 0 Å². The maximum atomic E-state index is 9.74. The zero-order valence-corrected chi connectivity index (χ0v) is 9.41. The van der Waals surface area contributed by atoms with Gasteiger partial charge in [0.25, 0.3) is 0 Å². The topological polar surface area (TPSA) is 49.7 Å². The number of rotatable bonds is 9. The van der Waals surface area contributed by atoms with E-state index < -0.39 is 0 Å². The van der Waals surface area contributed by atoms with Gasteiger partial charge in [-0.15, -0.1) is 0 Å². The van der Waals surface area contributed by atoms with Crippen molar-refractivity contribution in [3.63, 3.8) is 0 Å². The van der Waals surface area contributed by atoms with Gasteiger partial charge in [0.05, 0.1) is 12.7 Å². The number of hydrogen-bond donors (Lipinski definition) is 2. The second kappa shape index (κ2) is 9.44. The quantitative estimate of drug-likeness (QED) is 0.561. The second-order valence-corrected chi connectivity index (χ2v) is 3.68. The Balaban J connectivity index is 3.56. The van der Waals surface area contributed by atoms with Crippen LogP contribution in [0.1, 0.15) is 39.5 Å². The molecular formula is C11H24O3. The summed E-state index contributed by atoms with van der Waals surface area (Å²) in [5.41, 5.74) is 0. The zero-order valence-electron chi connectivity index (χ0n) is 9.41. The molecule has 0 amide bonds. The third-order valence-corrected chi connectivity index (χ3v) is 2.43. The molecule has 0 aliphatic carbocycles. The van der Waals surface area contributed by atoms with Crippen molar-refractivity contribution in [1.29, 1.82) is 0 Å². The summed E-state index contributed by atoms with van der Waals surface area (Å²) in [5.74, 6) is 0.244.